The van der Waals surface area contributed by atoms with Crippen molar-refractivity contribution in [3.8, 4) is 28.3 Å². The van der Waals surface area contributed by atoms with Crippen LogP contribution < -0.4 is 0 Å². The Labute approximate surface area is 267 Å². The first-order chi connectivity index (χ1) is 22.7. The Morgan fingerprint density at radius 3 is 1.96 bits per heavy atom. The lowest BCUT2D eigenvalue weighted by Gasteiger charge is -2.13. The minimum Gasteiger partial charge on any atom is -0.455 e. The number of rotatable bonds is 6. The van der Waals surface area contributed by atoms with E-state index in [-0.39, 0.29) is 0 Å². The molecule has 1 aromatic heterocycles. The number of amidine groups is 2. The molecule has 0 aliphatic rings. The molecule has 218 valence electrons. The lowest BCUT2D eigenvalue weighted by molar-refractivity contribution is 0.668. The summed E-state index contributed by atoms with van der Waals surface area (Å²) >= 11 is 0. The molecule has 5 nitrogen and oxygen atoms in total. The summed E-state index contributed by atoms with van der Waals surface area (Å²) in [7, 11) is 0. The number of fused-ring (bicyclic) bond motifs is 3. The van der Waals surface area contributed by atoms with E-state index >= 15 is 0 Å². The average molecular weight is 593 g/mol. The van der Waals surface area contributed by atoms with Gasteiger partial charge in [0.2, 0.25) is 0 Å². The van der Waals surface area contributed by atoms with Crippen LogP contribution >= 0.6 is 0 Å². The maximum absolute atomic E-state index is 9.21. The number of nitrogens with zero attached hydrogens (tertiary/aromatic N) is 4. The summed E-state index contributed by atoms with van der Waals surface area (Å²) < 4.78 is 6.59. The lowest BCUT2D eigenvalue weighted by Crippen LogP contribution is -2.07. The minimum absolute atomic E-state index is 0.423. The number of para-hydroxylation sites is 1. The average Bonchev–Trinajstić information content (AvgIpc) is 3.51. The van der Waals surface area contributed by atoms with Crippen LogP contribution in [0.1, 0.15) is 22.3 Å². The number of aliphatic imine (C=N–C) groups is 3. The van der Waals surface area contributed by atoms with Gasteiger partial charge in [-0.3, -0.25) is 4.99 Å². The third-order valence-corrected chi connectivity index (χ3v) is 7.96. The molecule has 0 saturated heterocycles. The van der Waals surface area contributed by atoms with Crippen LogP contribution in [-0.4, -0.2) is 18.4 Å². The first kappa shape index (κ1) is 28.4. The molecular weight excluding hydrogens is 564 g/mol. The SMILES string of the molecule is C=NC(=NC(=NCc1ccccc1)c1c(-c2ccc(-c3ccc(C#N)cc3)cc2)ccc2c1oc1ccccc12)c1ccccc1. The van der Waals surface area contributed by atoms with Crippen LogP contribution in [0.2, 0.25) is 0 Å². The van der Waals surface area contributed by atoms with E-state index in [9.17, 15) is 5.26 Å². The summed E-state index contributed by atoms with van der Waals surface area (Å²) in [6.45, 7) is 4.28. The number of nitriles is 1. The van der Waals surface area contributed by atoms with Crippen molar-refractivity contribution in [2.75, 3.05) is 0 Å². The van der Waals surface area contributed by atoms with E-state index in [0.717, 1.165) is 55.3 Å². The zero-order valence-electron chi connectivity index (χ0n) is 25.0. The van der Waals surface area contributed by atoms with Crippen LogP contribution in [0.15, 0.2) is 165 Å². The van der Waals surface area contributed by atoms with Gasteiger partial charge in [0, 0.05) is 16.3 Å². The summed E-state index contributed by atoms with van der Waals surface area (Å²) in [4.78, 5) is 14.5. The van der Waals surface area contributed by atoms with Gasteiger partial charge >= 0.3 is 0 Å². The van der Waals surface area contributed by atoms with Gasteiger partial charge in [0.15, 0.2) is 11.7 Å². The second-order valence-corrected chi connectivity index (χ2v) is 10.8. The molecule has 7 aromatic rings. The highest BCUT2D eigenvalue weighted by molar-refractivity contribution is 6.22. The highest BCUT2D eigenvalue weighted by Gasteiger charge is 2.21. The van der Waals surface area contributed by atoms with Gasteiger partial charge in [-0.1, -0.05) is 121 Å². The van der Waals surface area contributed by atoms with Crippen molar-refractivity contribution < 1.29 is 4.42 Å². The third kappa shape index (κ3) is 5.63. The molecule has 0 unspecified atom stereocenters. The Balaban J connectivity index is 1.45. The number of benzene rings is 6. The summed E-state index contributed by atoms with van der Waals surface area (Å²) in [5.74, 6) is 0.980. The van der Waals surface area contributed by atoms with Crippen molar-refractivity contribution >= 4 is 40.3 Å². The minimum atomic E-state index is 0.423. The van der Waals surface area contributed by atoms with Crippen LogP contribution in [0, 0.1) is 11.3 Å². The molecule has 0 spiro atoms. The zero-order valence-corrected chi connectivity index (χ0v) is 25.0. The Bertz CT molecular complexity index is 2270. The van der Waals surface area contributed by atoms with Crippen molar-refractivity contribution in [2.24, 2.45) is 15.0 Å². The van der Waals surface area contributed by atoms with Crippen LogP contribution in [0.25, 0.3) is 44.2 Å². The summed E-state index contributed by atoms with van der Waals surface area (Å²) in [6.07, 6.45) is 0. The molecule has 5 heteroatoms. The molecule has 0 aliphatic carbocycles. The summed E-state index contributed by atoms with van der Waals surface area (Å²) in [5.41, 5.74) is 8.85. The van der Waals surface area contributed by atoms with Crippen LogP contribution in [-0.2, 0) is 6.54 Å². The van der Waals surface area contributed by atoms with Crippen molar-refractivity contribution in [1.29, 1.82) is 5.26 Å². The highest BCUT2D eigenvalue weighted by atomic mass is 16.3. The molecule has 0 fully saturated rings. The molecule has 0 N–H and O–H groups in total. The highest BCUT2D eigenvalue weighted by Crippen LogP contribution is 2.38. The Kier molecular flexibility index (Phi) is 7.84. The molecule has 1 heterocycles. The fourth-order valence-electron chi connectivity index (χ4n) is 5.63. The van der Waals surface area contributed by atoms with E-state index < -0.39 is 0 Å². The molecule has 0 aliphatic heterocycles. The molecule has 46 heavy (non-hydrogen) atoms. The Morgan fingerprint density at radius 1 is 0.630 bits per heavy atom. The van der Waals surface area contributed by atoms with Crippen LogP contribution in [0.5, 0.6) is 0 Å². The molecule has 0 amide bonds. The Hall–Kier alpha value is -6.38. The van der Waals surface area contributed by atoms with E-state index in [2.05, 4.69) is 72.4 Å². The van der Waals surface area contributed by atoms with E-state index in [0.29, 0.717) is 29.4 Å². The summed E-state index contributed by atoms with van der Waals surface area (Å²) in [5, 5.41) is 11.2. The van der Waals surface area contributed by atoms with E-state index in [1.807, 2.05) is 91.0 Å². The first-order valence-corrected chi connectivity index (χ1v) is 15.0. The van der Waals surface area contributed by atoms with E-state index in [4.69, 9.17) is 14.4 Å². The fraction of sp³-hybridized carbons (Fsp3) is 0.0244. The van der Waals surface area contributed by atoms with E-state index in [1.165, 1.54) is 0 Å². The number of furan rings is 1. The second-order valence-electron chi connectivity index (χ2n) is 10.8. The molecule has 0 saturated carbocycles. The monoisotopic (exact) mass is 592 g/mol. The van der Waals surface area contributed by atoms with Gasteiger partial charge in [0.1, 0.15) is 11.2 Å². The second kappa shape index (κ2) is 12.7. The molecule has 6 aromatic carbocycles. The standard InChI is InChI=1S/C41H28N4O/c1-43-40(33-12-6-3-7-13-33)45-41(44-27-29-10-4-2-5-11-29)38-34(24-25-36-35-14-8-9-15-37(35)46-39(36)38)32-22-20-31(21-23-32)30-18-16-28(26-42)17-19-30/h2-25H,1,27H2. The topological polar surface area (TPSA) is 74.0 Å². The van der Waals surface area contributed by atoms with Crippen LogP contribution in [0.3, 0.4) is 0 Å². The van der Waals surface area contributed by atoms with Gasteiger partial charge in [-0.2, -0.15) is 5.26 Å². The number of hydrogen-bond donors (Lipinski definition) is 0. The van der Waals surface area contributed by atoms with Gasteiger partial charge in [-0.25, -0.2) is 9.98 Å². The maximum atomic E-state index is 9.21. The zero-order chi connectivity index (χ0) is 31.3. The predicted octanol–water partition coefficient (Wildman–Crippen LogP) is 9.89. The molecule has 0 bridgehead atoms. The van der Waals surface area contributed by atoms with Crippen molar-refractivity contribution in [3.05, 3.63) is 168 Å². The van der Waals surface area contributed by atoms with Crippen molar-refractivity contribution in [1.82, 2.24) is 0 Å². The third-order valence-electron chi connectivity index (χ3n) is 7.96. The largest absolute Gasteiger partial charge is 0.455 e. The normalized spacial score (nSPS) is 11.9. The molecular formula is C41H28N4O. The quantitative estimate of drug-likeness (QED) is 0.142. The van der Waals surface area contributed by atoms with Crippen molar-refractivity contribution in [3.63, 3.8) is 0 Å². The van der Waals surface area contributed by atoms with Gasteiger partial charge < -0.3 is 4.42 Å². The number of hydrogen-bond acceptors (Lipinski definition) is 3. The Morgan fingerprint density at radius 2 is 1.26 bits per heavy atom. The molecule has 0 radical (unpaired) electrons. The molecule has 0 atom stereocenters. The van der Waals surface area contributed by atoms with E-state index in [1.54, 1.807) is 0 Å². The maximum Gasteiger partial charge on any atom is 0.161 e. The molecule has 7 rings (SSSR count). The van der Waals surface area contributed by atoms with Crippen LogP contribution in [0.4, 0.5) is 0 Å². The van der Waals surface area contributed by atoms with Gasteiger partial charge in [-0.05, 0) is 58.8 Å². The predicted molar refractivity (Wildman–Crippen MR) is 189 cm³/mol. The lowest BCUT2D eigenvalue weighted by atomic mass is 9.94. The summed E-state index contributed by atoms with van der Waals surface area (Å²) in [6, 6.07) is 50.4. The van der Waals surface area contributed by atoms with Gasteiger partial charge in [0.25, 0.3) is 0 Å². The fourth-order valence-corrected chi connectivity index (χ4v) is 5.63. The van der Waals surface area contributed by atoms with Gasteiger partial charge in [-0.15, -0.1) is 0 Å². The van der Waals surface area contributed by atoms with Crippen molar-refractivity contribution in [2.45, 2.75) is 6.54 Å². The first-order valence-electron chi connectivity index (χ1n) is 15.0. The smallest absolute Gasteiger partial charge is 0.161 e. The van der Waals surface area contributed by atoms with Gasteiger partial charge in [0.05, 0.1) is 23.7 Å².